The Labute approximate surface area is 135 Å². The molecule has 2 heterocycles. The van der Waals surface area contributed by atoms with Gasteiger partial charge in [-0.25, -0.2) is 9.37 Å². The fraction of sp³-hybridized carbons (Fsp3) is 0.500. The molecule has 1 fully saturated rings. The SMILES string of the molecule is CC1OCCC1Cn1c(CCl)nc2cc(I)c(F)cc21. The fourth-order valence-electron chi connectivity index (χ4n) is 2.73. The number of alkyl halides is 1. The van der Waals surface area contributed by atoms with Crippen LogP contribution in [-0.2, 0) is 17.2 Å². The van der Waals surface area contributed by atoms with Gasteiger partial charge < -0.3 is 9.30 Å². The van der Waals surface area contributed by atoms with E-state index in [1.54, 1.807) is 12.1 Å². The van der Waals surface area contributed by atoms with Crippen molar-refractivity contribution in [3.8, 4) is 0 Å². The molecule has 3 nitrogen and oxygen atoms in total. The second-order valence-corrected chi connectivity index (χ2v) is 6.58. The summed E-state index contributed by atoms with van der Waals surface area (Å²) in [6.45, 7) is 3.65. The summed E-state index contributed by atoms with van der Waals surface area (Å²) in [5.74, 6) is 1.34. The van der Waals surface area contributed by atoms with Gasteiger partial charge in [-0.1, -0.05) is 0 Å². The van der Waals surface area contributed by atoms with Gasteiger partial charge in [0.2, 0.25) is 0 Å². The van der Waals surface area contributed by atoms with Gasteiger partial charge in [0.1, 0.15) is 11.6 Å². The zero-order chi connectivity index (χ0) is 14.3. The van der Waals surface area contributed by atoms with Crippen LogP contribution in [0.25, 0.3) is 11.0 Å². The number of nitrogens with zero attached hydrogens (tertiary/aromatic N) is 2. The summed E-state index contributed by atoms with van der Waals surface area (Å²) >= 11 is 7.98. The summed E-state index contributed by atoms with van der Waals surface area (Å²) in [7, 11) is 0. The number of benzene rings is 1. The maximum absolute atomic E-state index is 13.8. The van der Waals surface area contributed by atoms with E-state index in [1.165, 1.54) is 0 Å². The van der Waals surface area contributed by atoms with Crippen molar-refractivity contribution in [3.05, 3.63) is 27.3 Å². The highest BCUT2D eigenvalue weighted by atomic mass is 127. The molecule has 0 aliphatic carbocycles. The Kier molecular flexibility index (Phi) is 4.19. The molecule has 0 spiro atoms. The van der Waals surface area contributed by atoms with E-state index in [0.717, 1.165) is 36.4 Å². The lowest BCUT2D eigenvalue weighted by molar-refractivity contribution is 0.102. The van der Waals surface area contributed by atoms with E-state index in [4.69, 9.17) is 16.3 Å². The van der Waals surface area contributed by atoms with Gasteiger partial charge >= 0.3 is 0 Å². The van der Waals surface area contributed by atoms with Gasteiger partial charge in [-0.2, -0.15) is 0 Å². The molecule has 3 rings (SSSR count). The number of halogens is 3. The molecule has 1 aromatic heterocycles. The van der Waals surface area contributed by atoms with Crippen molar-refractivity contribution in [1.82, 2.24) is 9.55 Å². The van der Waals surface area contributed by atoms with Crippen LogP contribution in [0.15, 0.2) is 12.1 Å². The average Bonchev–Trinajstić information content (AvgIpc) is 2.96. The molecule has 1 aliphatic rings. The van der Waals surface area contributed by atoms with Crippen molar-refractivity contribution in [2.24, 2.45) is 5.92 Å². The first-order valence-electron chi connectivity index (χ1n) is 6.62. The molecule has 108 valence electrons. The molecule has 0 amide bonds. The number of ether oxygens (including phenoxy) is 1. The van der Waals surface area contributed by atoms with E-state index in [9.17, 15) is 4.39 Å². The summed E-state index contributed by atoms with van der Waals surface area (Å²) in [6, 6.07) is 3.33. The van der Waals surface area contributed by atoms with E-state index in [2.05, 4.69) is 11.9 Å². The third kappa shape index (κ3) is 2.55. The van der Waals surface area contributed by atoms with Crippen molar-refractivity contribution < 1.29 is 9.13 Å². The molecule has 0 saturated carbocycles. The number of hydrogen-bond acceptors (Lipinski definition) is 2. The largest absolute Gasteiger partial charge is 0.378 e. The third-order valence-corrected chi connectivity index (χ3v) is 5.00. The summed E-state index contributed by atoms with van der Waals surface area (Å²) in [4.78, 5) is 4.52. The molecular formula is C14H15ClFIN2O. The lowest BCUT2D eigenvalue weighted by atomic mass is 10.0. The lowest BCUT2D eigenvalue weighted by Gasteiger charge is -2.16. The molecule has 2 unspecified atom stereocenters. The van der Waals surface area contributed by atoms with E-state index in [0.29, 0.717) is 15.4 Å². The first-order chi connectivity index (χ1) is 9.60. The highest BCUT2D eigenvalue weighted by Gasteiger charge is 2.26. The van der Waals surface area contributed by atoms with Crippen LogP contribution in [0.2, 0.25) is 0 Å². The van der Waals surface area contributed by atoms with Crippen molar-refractivity contribution in [3.63, 3.8) is 0 Å². The van der Waals surface area contributed by atoms with Gasteiger partial charge in [0, 0.05) is 25.1 Å². The first-order valence-corrected chi connectivity index (χ1v) is 8.23. The van der Waals surface area contributed by atoms with Gasteiger partial charge in [-0.15, -0.1) is 11.6 Å². The summed E-state index contributed by atoms with van der Waals surface area (Å²) in [6.07, 6.45) is 1.25. The van der Waals surface area contributed by atoms with E-state index in [1.807, 2.05) is 27.2 Å². The minimum Gasteiger partial charge on any atom is -0.378 e. The first kappa shape index (κ1) is 14.5. The molecule has 1 aromatic carbocycles. The van der Waals surface area contributed by atoms with Crippen LogP contribution < -0.4 is 0 Å². The van der Waals surface area contributed by atoms with Gasteiger partial charge in [-0.3, -0.25) is 0 Å². The number of rotatable bonds is 3. The molecule has 1 saturated heterocycles. The fourth-order valence-corrected chi connectivity index (χ4v) is 3.38. The standard InChI is InChI=1S/C14H15ClFIN2O/c1-8-9(2-3-20-8)7-19-13-4-10(16)11(17)5-12(13)18-14(19)6-15/h4-5,8-9H,2-3,6-7H2,1H3. The van der Waals surface area contributed by atoms with Gasteiger partial charge in [0.05, 0.1) is 26.6 Å². The highest BCUT2D eigenvalue weighted by molar-refractivity contribution is 14.1. The second kappa shape index (κ2) is 5.77. The van der Waals surface area contributed by atoms with Crippen LogP contribution in [0.4, 0.5) is 4.39 Å². The maximum atomic E-state index is 13.8. The highest BCUT2D eigenvalue weighted by Crippen LogP contribution is 2.27. The molecule has 0 N–H and O–H groups in total. The van der Waals surface area contributed by atoms with E-state index >= 15 is 0 Å². The van der Waals surface area contributed by atoms with Crippen LogP contribution in [0.1, 0.15) is 19.2 Å². The van der Waals surface area contributed by atoms with E-state index < -0.39 is 0 Å². The van der Waals surface area contributed by atoms with Crippen LogP contribution in [0.5, 0.6) is 0 Å². The third-order valence-electron chi connectivity index (χ3n) is 3.94. The summed E-state index contributed by atoms with van der Waals surface area (Å²) in [5.41, 5.74) is 1.62. The maximum Gasteiger partial charge on any atom is 0.138 e. The Morgan fingerprint density at radius 1 is 1.55 bits per heavy atom. The minimum absolute atomic E-state index is 0.212. The van der Waals surface area contributed by atoms with Gasteiger partial charge in [-0.05, 0) is 42.0 Å². The van der Waals surface area contributed by atoms with Crippen molar-refractivity contribution in [2.45, 2.75) is 31.9 Å². The number of fused-ring (bicyclic) bond motifs is 1. The van der Waals surface area contributed by atoms with Crippen LogP contribution in [0.3, 0.4) is 0 Å². The van der Waals surface area contributed by atoms with Crippen molar-refractivity contribution in [1.29, 1.82) is 0 Å². The Morgan fingerprint density at radius 2 is 2.35 bits per heavy atom. The molecule has 0 radical (unpaired) electrons. The normalized spacial score (nSPS) is 22.8. The molecule has 1 aliphatic heterocycles. The molecular weight excluding hydrogens is 394 g/mol. The zero-order valence-corrected chi connectivity index (χ0v) is 14.0. The Balaban J connectivity index is 2.05. The smallest absolute Gasteiger partial charge is 0.138 e. The quantitative estimate of drug-likeness (QED) is 0.568. The van der Waals surface area contributed by atoms with Crippen LogP contribution in [-0.4, -0.2) is 22.3 Å². The Hall–Kier alpha value is -0.400. The molecule has 6 heteroatoms. The lowest BCUT2D eigenvalue weighted by Crippen LogP contribution is -2.19. The van der Waals surface area contributed by atoms with Crippen LogP contribution in [0, 0.1) is 15.3 Å². The predicted molar refractivity (Wildman–Crippen MR) is 85.5 cm³/mol. The average molecular weight is 409 g/mol. The minimum atomic E-state index is -0.212. The number of imidazole rings is 1. The molecule has 2 atom stereocenters. The summed E-state index contributed by atoms with van der Waals surface area (Å²) in [5, 5.41) is 0. The number of aromatic nitrogens is 2. The molecule has 20 heavy (non-hydrogen) atoms. The van der Waals surface area contributed by atoms with E-state index in [-0.39, 0.29) is 11.9 Å². The van der Waals surface area contributed by atoms with Gasteiger partial charge in [0.15, 0.2) is 0 Å². The Morgan fingerprint density at radius 3 is 3.00 bits per heavy atom. The predicted octanol–water partition coefficient (Wildman–Crippen LogP) is 3.94. The summed E-state index contributed by atoms with van der Waals surface area (Å²) < 4.78 is 22.0. The van der Waals surface area contributed by atoms with Crippen LogP contribution >= 0.6 is 34.2 Å². The van der Waals surface area contributed by atoms with Crippen molar-refractivity contribution in [2.75, 3.05) is 6.61 Å². The topological polar surface area (TPSA) is 27.1 Å². The second-order valence-electron chi connectivity index (χ2n) is 5.15. The number of hydrogen-bond donors (Lipinski definition) is 0. The monoisotopic (exact) mass is 408 g/mol. The zero-order valence-electron chi connectivity index (χ0n) is 11.1. The molecule has 2 aromatic rings. The van der Waals surface area contributed by atoms with Gasteiger partial charge in [0.25, 0.3) is 0 Å². The van der Waals surface area contributed by atoms with Crippen molar-refractivity contribution >= 4 is 45.2 Å². The Bertz CT molecular complexity index is 646. The molecule has 0 bridgehead atoms.